The highest BCUT2D eigenvalue weighted by Crippen LogP contribution is 2.47. The molecule has 4 aromatic carbocycles. The van der Waals surface area contributed by atoms with E-state index >= 15 is 0 Å². The Morgan fingerprint density at radius 1 is 0.688 bits per heavy atom. The average molecular weight is 742 g/mol. The van der Waals surface area contributed by atoms with E-state index in [0.717, 1.165) is 43.5 Å². The third-order valence-corrected chi connectivity index (χ3v) is 10.4. The minimum Gasteiger partial charge on any atom is -0.506 e. The summed E-state index contributed by atoms with van der Waals surface area (Å²) in [5.74, 6) is -0.939. The molecule has 254 valence electrons. The summed E-state index contributed by atoms with van der Waals surface area (Å²) in [5, 5.41) is 28.9. The first kappa shape index (κ1) is 36.0. The number of nitrogens with one attached hydrogen (secondary N) is 1. The molecule has 48 heavy (non-hydrogen) atoms. The fraction of sp³-hybridized carbons (Fsp3) is 0.0769. The van der Waals surface area contributed by atoms with Crippen molar-refractivity contribution in [3.8, 4) is 11.5 Å². The number of methoxy groups -OCH3 is 1. The smallest absolute Gasteiger partial charge is 0.296 e. The average Bonchev–Trinajstić information content (AvgIpc) is 3.00. The molecule has 0 atom stereocenters. The van der Waals surface area contributed by atoms with Crippen LogP contribution in [-0.2, 0) is 40.2 Å². The second-order valence-electron chi connectivity index (χ2n) is 9.38. The molecule has 0 heterocycles. The van der Waals surface area contributed by atoms with Crippen LogP contribution in [0.3, 0.4) is 0 Å². The number of phenols is 1. The van der Waals surface area contributed by atoms with E-state index in [1.54, 1.807) is 0 Å². The predicted molar refractivity (Wildman–Crippen MR) is 170 cm³/mol. The lowest BCUT2D eigenvalue weighted by molar-refractivity contribution is 0.419. The molecule has 0 aromatic heterocycles. The zero-order valence-electron chi connectivity index (χ0n) is 24.4. The molecule has 22 heteroatoms. The van der Waals surface area contributed by atoms with Crippen molar-refractivity contribution in [3.05, 3.63) is 66.6 Å². The van der Waals surface area contributed by atoms with Crippen LogP contribution in [0.15, 0.2) is 107 Å². The number of ether oxygens (including phenoxy) is 1. The van der Waals surface area contributed by atoms with Crippen molar-refractivity contribution in [2.75, 3.05) is 19.5 Å². The number of sulfone groups is 1. The molecule has 4 rings (SSSR count). The Kier molecular flexibility index (Phi) is 9.74. The summed E-state index contributed by atoms with van der Waals surface area (Å²) in [7, 11) is -16.5. The van der Waals surface area contributed by atoms with Crippen molar-refractivity contribution >= 4 is 79.4 Å². The fourth-order valence-electron chi connectivity index (χ4n) is 4.21. The number of hydrogen-bond donors (Lipinski definition) is 5. The molecule has 0 aliphatic heterocycles. The normalized spacial score (nSPS) is 12.9. The number of fused-ring (bicyclic) bond motifs is 1. The molecule has 0 radical (unpaired) electrons. The van der Waals surface area contributed by atoms with E-state index in [1.165, 1.54) is 19.2 Å². The Bertz CT molecular complexity index is 2500. The van der Waals surface area contributed by atoms with Gasteiger partial charge in [-0.3, -0.25) is 13.7 Å². The standard InChI is InChI=1S/C26H23N5O13S4/c1-4-45(33,34)14-5-8-18(22(12-14)47(38,39)40)28-30-24-17-13-23(48(41,42)43)25(26(44-3)16(17)7-9-19(24)27-2)31-29-20-11-15(46(35,36)37)6-10-21(20)32/h4-13,27,32H,1H2,2-3H3,(H,35,36,37)(H,38,39,40)(H,41,42,43). The molecule has 18 nitrogen and oxygen atoms in total. The van der Waals surface area contributed by atoms with E-state index in [9.17, 15) is 52.4 Å². The third kappa shape index (κ3) is 7.33. The molecule has 0 fully saturated rings. The van der Waals surface area contributed by atoms with Gasteiger partial charge in [-0.05, 0) is 54.6 Å². The Labute approximate surface area is 273 Å². The topological polar surface area (TPSA) is 288 Å². The summed E-state index contributed by atoms with van der Waals surface area (Å²) in [6.07, 6.45) is 0. The minimum absolute atomic E-state index is 0.0742. The van der Waals surface area contributed by atoms with Crippen LogP contribution in [-0.4, -0.2) is 66.6 Å². The van der Waals surface area contributed by atoms with E-state index in [0.29, 0.717) is 11.5 Å². The number of rotatable bonds is 11. The van der Waals surface area contributed by atoms with Gasteiger partial charge in [-0.1, -0.05) is 6.58 Å². The molecule has 4 aromatic rings. The van der Waals surface area contributed by atoms with Crippen molar-refractivity contribution < 1.29 is 57.2 Å². The van der Waals surface area contributed by atoms with Crippen molar-refractivity contribution in [2.24, 2.45) is 20.5 Å². The number of aromatic hydroxyl groups is 1. The lowest BCUT2D eigenvalue weighted by Crippen LogP contribution is -2.02. The lowest BCUT2D eigenvalue weighted by Gasteiger charge is -2.15. The van der Waals surface area contributed by atoms with Crippen molar-refractivity contribution in [1.29, 1.82) is 0 Å². The van der Waals surface area contributed by atoms with Gasteiger partial charge in [0.05, 0.1) is 22.6 Å². The molecular weight excluding hydrogens is 719 g/mol. The van der Waals surface area contributed by atoms with Crippen LogP contribution in [0.1, 0.15) is 0 Å². The van der Waals surface area contributed by atoms with Crippen LogP contribution >= 0.6 is 0 Å². The van der Waals surface area contributed by atoms with Crippen LogP contribution in [0.25, 0.3) is 10.8 Å². The number of azo groups is 2. The molecule has 0 unspecified atom stereocenters. The lowest BCUT2D eigenvalue weighted by atomic mass is 10.0. The van der Waals surface area contributed by atoms with Crippen LogP contribution in [0, 0.1) is 0 Å². The molecular formula is C26H23N5O13S4. The van der Waals surface area contributed by atoms with Gasteiger partial charge in [-0.2, -0.15) is 25.3 Å². The first-order valence-corrected chi connectivity index (χ1v) is 18.6. The summed E-state index contributed by atoms with van der Waals surface area (Å²) in [4.78, 5) is -3.03. The Morgan fingerprint density at radius 3 is 1.85 bits per heavy atom. The summed E-state index contributed by atoms with van der Waals surface area (Å²) < 4.78 is 132. The van der Waals surface area contributed by atoms with Crippen LogP contribution in [0.5, 0.6) is 11.5 Å². The van der Waals surface area contributed by atoms with Crippen LogP contribution in [0.2, 0.25) is 0 Å². The first-order valence-electron chi connectivity index (χ1n) is 12.7. The van der Waals surface area contributed by atoms with Gasteiger partial charge < -0.3 is 15.2 Å². The number of benzene rings is 4. The first-order chi connectivity index (χ1) is 22.2. The summed E-state index contributed by atoms with van der Waals surface area (Å²) in [6.45, 7) is 3.16. The van der Waals surface area contributed by atoms with Crippen molar-refractivity contribution in [1.82, 2.24) is 0 Å². The van der Waals surface area contributed by atoms with Gasteiger partial charge >= 0.3 is 0 Å². The highest BCUT2D eigenvalue weighted by Gasteiger charge is 2.26. The summed E-state index contributed by atoms with van der Waals surface area (Å²) >= 11 is 0. The number of hydrogen-bond acceptors (Lipinski definition) is 15. The summed E-state index contributed by atoms with van der Waals surface area (Å²) in [6, 6.07) is 8.82. The van der Waals surface area contributed by atoms with Gasteiger partial charge in [0, 0.05) is 23.2 Å². The zero-order valence-corrected chi connectivity index (χ0v) is 27.6. The molecule has 0 spiro atoms. The second kappa shape index (κ2) is 13.0. The van der Waals surface area contributed by atoms with Crippen molar-refractivity contribution in [2.45, 2.75) is 19.6 Å². The van der Waals surface area contributed by atoms with Gasteiger partial charge in [0.2, 0.25) is 0 Å². The zero-order chi connectivity index (χ0) is 35.8. The van der Waals surface area contributed by atoms with Gasteiger partial charge in [0.15, 0.2) is 15.6 Å². The minimum atomic E-state index is -5.16. The maximum Gasteiger partial charge on any atom is 0.296 e. The fourth-order valence-corrected chi connectivity index (χ4v) is 6.81. The highest BCUT2D eigenvalue weighted by molar-refractivity contribution is 7.94. The van der Waals surface area contributed by atoms with Gasteiger partial charge in [-0.15, -0.1) is 20.5 Å². The Hall–Kier alpha value is -4.84. The van der Waals surface area contributed by atoms with Gasteiger partial charge in [0.1, 0.15) is 38.3 Å². The molecule has 0 saturated carbocycles. The summed E-state index contributed by atoms with van der Waals surface area (Å²) in [5.41, 5.74) is -1.63. The largest absolute Gasteiger partial charge is 0.506 e. The van der Waals surface area contributed by atoms with E-state index in [-0.39, 0.29) is 27.9 Å². The predicted octanol–water partition coefficient (Wildman–Crippen LogP) is 5.08. The van der Waals surface area contributed by atoms with Crippen molar-refractivity contribution in [3.63, 3.8) is 0 Å². The van der Waals surface area contributed by atoms with Gasteiger partial charge in [0.25, 0.3) is 30.4 Å². The van der Waals surface area contributed by atoms with Gasteiger partial charge in [-0.25, -0.2) is 8.42 Å². The number of nitrogens with zero attached hydrogens (tertiary/aromatic N) is 4. The second-order valence-corrected chi connectivity index (χ2v) is 15.5. The molecule has 0 bridgehead atoms. The van der Waals surface area contributed by atoms with Crippen LogP contribution < -0.4 is 10.1 Å². The van der Waals surface area contributed by atoms with Crippen LogP contribution in [0.4, 0.5) is 28.4 Å². The van der Waals surface area contributed by atoms with E-state index in [2.05, 4.69) is 32.4 Å². The quantitative estimate of drug-likeness (QED) is 0.0989. The molecule has 0 aliphatic carbocycles. The molecule has 0 saturated heterocycles. The van der Waals surface area contributed by atoms with E-state index in [4.69, 9.17) is 4.74 Å². The molecule has 0 amide bonds. The molecule has 0 aliphatic rings. The Morgan fingerprint density at radius 2 is 1.29 bits per heavy atom. The number of phenolic OH excluding ortho intramolecular Hbond substituents is 1. The number of anilines is 1. The molecule has 5 N–H and O–H groups in total. The highest BCUT2D eigenvalue weighted by atomic mass is 32.2. The third-order valence-electron chi connectivity index (χ3n) is 6.45. The maximum atomic E-state index is 12.6. The van der Waals surface area contributed by atoms with E-state index in [1.807, 2.05) is 0 Å². The maximum absolute atomic E-state index is 12.6. The monoisotopic (exact) mass is 741 g/mol. The SMILES string of the molecule is C=CS(=O)(=O)c1ccc(N=Nc2c(NC)ccc3c(OC)c(N=Nc4cc(S(=O)(=O)O)ccc4O)c(S(=O)(=O)O)cc23)c(S(=O)(=O)O)c1. The Balaban J connectivity index is 2.01. The van der Waals surface area contributed by atoms with E-state index < -0.39 is 82.6 Å².